The molecule has 7 heteroatoms. The van der Waals surface area contributed by atoms with E-state index in [1.165, 1.54) is 7.11 Å². The van der Waals surface area contributed by atoms with Crippen molar-refractivity contribution in [2.75, 3.05) is 44.8 Å². The normalized spacial score (nSPS) is 21.5. The lowest BCUT2D eigenvalue weighted by Crippen LogP contribution is -2.41. The fourth-order valence-electron chi connectivity index (χ4n) is 3.18. The summed E-state index contributed by atoms with van der Waals surface area (Å²) in [6.07, 6.45) is 3.99. The molecule has 130 valence electrons. The molecule has 3 rings (SSSR count). The number of carbonyl (C=O) groups excluding carboxylic acids is 2. The Morgan fingerprint density at radius 3 is 2.88 bits per heavy atom. The van der Waals surface area contributed by atoms with E-state index >= 15 is 0 Å². The third-order valence-corrected chi connectivity index (χ3v) is 4.50. The van der Waals surface area contributed by atoms with Gasteiger partial charge in [0.05, 0.1) is 12.7 Å². The van der Waals surface area contributed by atoms with Crippen molar-refractivity contribution in [3.05, 3.63) is 23.9 Å². The highest BCUT2D eigenvalue weighted by molar-refractivity contribution is 5.90. The van der Waals surface area contributed by atoms with Crippen LogP contribution >= 0.6 is 0 Å². The summed E-state index contributed by atoms with van der Waals surface area (Å²) in [6, 6.07) is 3.38. The lowest BCUT2D eigenvalue weighted by molar-refractivity contribution is -0.140. The molecule has 0 N–H and O–H groups in total. The summed E-state index contributed by atoms with van der Waals surface area (Å²) in [7, 11) is 1.36. The molecule has 0 unspecified atom stereocenters. The summed E-state index contributed by atoms with van der Waals surface area (Å²) >= 11 is 0. The van der Waals surface area contributed by atoms with Gasteiger partial charge in [-0.3, -0.25) is 4.79 Å². The number of pyridine rings is 1. The molecule has 2 saturated heterocycles. The zero-order chi connectivity index (χ0) is 16.9. The predicted molar refractivity (Wildman–Crippen MR) is 88.0 cm³/mol. The van der Waals surface area contributed by atoms with Gasteiger partial charge in [-0.1, -0.05) is 0 Å². The number of carbonyl (C=O) groups is 2. The van der Waals surface area contributed by atoms with Crippen LogP contribution < -0.4 is 4.90 Å². The molecular formula is C17H23N3O4. The first-order valence-electron chi connectivity index (χ1n) is 8.39. The average molecular weight is 333 g/mol. The molecule has 1 aromatic heterocycles. The monoisotopic (exact) mass is 333 g/mol. The minimum atomic E-state index is -0.372. The van der Waals surface area contributed by atoms with Gasteiger partial charge in [0.1, 0.15) is 11.9 Å². The largest absolute Gasteiger partial charge is 0.465 e. The van der Waals surface area contributed by atoms with Gasteiger partial charge in [0.25, 0.3) is 5.91 Å². The molecule has 2 aliphatic heterocycles. The van der Waals surface area contributed by atoms with Crippen molar-refractivity contribution in [3.63, 3.8) is 0 Å². The highest BCUT2D eigenvalue weighted by Gasteiger charge is 2.29. The van der Waals surface area contributed by atoms with Crippen LogP contribution in [0.3, 0.4) is 0 Å². The number of methoxy groups -OCH3 is 1. The van der Waals surface area contributed by atoms with Crippen LogP contribution in [0.1, 0.15) is 29.6 Å². The topological polar surface area (TPSA) is 72.0 Å². The van der Waals surface area contributed by atoms with Gasteiger partial charge >= 0.3 is 5.97 Å². The zero-order valence-corrected chi connectivity index (χ0v) is 13.9. The summed E-state index contributed by atoms with van der Waals surface area (Å²) in [5, 5.41) is 0. The standard InChI is InChI=1S/C17H23N3O4/c1-23-17(22)13-5-6-18-15(12-13)19-7-3-8-20(10-9-19)16(21)14-4-2-11-24-14/h5-6,12,14H,2-4,7-11H2,1H3/t14-/m1/s1. The molecule has 0 saturated carbocycles. The van der Waals surface area contributed by atoms with Gasteiger partial charge in [-0.2, -0.15) is 0 Å². The van der Waals surface area contributed by atoms with Gasteiger partial charge in [-0.15, -0.1) is 0 Å². The first-order chi connectivity index (χ1) is 11.7. The van der Waals surface area contributed by atoms with E-state index in [1.54, 1.807) is 18.3 Å². The smallest absolute Gasteiger partial charge is 0.338 e. The first kappa shape index (κ1) is 16.7. The van der Waals surface area contributed by atoms with E-state index < -0.39 is 0 Å². The molecule has 3 heterocycles. The number of hydrogen-bond donors (Lipinski definition) is 0. The molecule has 24 heavy (non-hydrogen) atoms. The number of anilines is 1. The Kier molecular flexibility index (Phi) is 5.30. The lowest BCUT2D eigenvalue weighted by Gasteiger charge is -2.24. The van der Waals surface area contributed by atoms with E-state index in [4.69, 9.17) is 9.47 Å². The number of hydrogen-bond acceptors (Lipinski definition) is 6. The second kappa shape index (κ2) is 7.61. The van der Waals surface area contributed by atoms with E-state index in [0.717, 1.165) is 38.2 Å². The van der Waals surface area contributed by atoms with Crippen LogP contribution in [0.4, 0.5) is 5.82 Å². The van der Waals surface area contributed by atoms with E-state index in [0.29, 0.717) is 25.3 Å². The van der Waals surface area contributed by atoms with Crippen molar-refractivity contribution < 1.29 is 19.1 Å². The van der Waals surface area contributed by atoms with Crippen LogP contribution in [-0.4, -0.2) is 67.8 Å². The predicted octanol–water partition coefficient (Wildman–Crippen LogP) is 1.09. The third kappa shape index (κ3) is 3.67. The van der Waals surface area contributed by atoms with Crippen LogP contribution in [0.15, 0.2) is 18.3 Å². The van der Waals surface area contributed by atoms with E-state index in [2.05, 4.69) is 9.88 Å². The van der Waals surface area contributed by atoms with Gasteiger partial charge in [-0.25, -0.2) is 9.78 Å². The fraction of sp³-hybridized carbons (Fsp3) is 0.588. The van der Waals surface area contributed by atoms with Gasteiger partial charge in [0, 0.05) is 39.0 Å². The highest BCUT2D eigenvalue weighted by atomic mass is 16.5. The molecule has 2 fully saturated rings. The van der Waals surface area contributed by atoms with Crippen molar-refractivity contribution in [2.45, 2.75) is 25.4 Å². The van der Waals surface area contributed by atoms with Crippen LogP contribution in [0.5, 0.6) is 0 Å². The third-order valence-electron chi connectivity index (χ3n) is 4.50. The van der Waals surface area contributed by atoms with Crippen molar-refractivity contribution in [1.82, 2.24) is 9.88 Å². The number of ether oxygens (including phenoxy) is 2. The van der Waals surface area contributed by atoms with Crippen molar-refractivity contribution >= 4 is 17.7 Å². The van der Waals surface area contributed by atoms with Gasteiger partial charge in [0.15, 0.2) is 0 Å². The first-order valence-corrected chi connectivity index (χ1v) is 8.39. The van der Waals surface area contributed by atoms with E-state index in [-0.39, 0.29) is 18.0 Å². The number of nitrogens with zero attached hydrogens (tertiary/aromatic N) is 3. The Labute approximate surface area is 141 Å². The fourth-order valence-corrected chi connectivity index (χ4v) is 3.18. The molecule has 7 nitrogen and oxygen atoms in total. The summed E-state index contributed by atoms with van der Waals surface area (Å²) in [6.45, 7) is 3.54. The Bertz CT molecular complexity index is 601. The Hall–Kier alpha value is -2.15. The van der Waals surface area contributed by atoms with Crippen LogP contribution in [0.25, 0.3) is 0 Å². The minimum Gasteiger partial charge on any atom is -0.465 e. The summed E-state index contributed by atoms with van der Waals surface area (Å²) in [5.74, 6) is 0.471. The second-order valence-electron chi connectivity index (χ2n) is 6.06. The van der Waals surface area contributed by atoms with Crippen LogP contribution in [0.2, 0.25) is 0 Å². The average Bonchev–Trinajstić information content (AvgIpc) is 3.05. The molecule has 2 aliphatic rings. The Balaban J connectivity index is 1.65. The molecule has 0 bridgehead atoms. The van der Waals surface area contributed by atoms with Gasteiger partial charge in [-0.05, 0) is 31.4 Å². The molecule has 0 aliphatic carbocycles. The Morgan fingerprint density at radius 1 is 1.25 bits per heavy atom. The number of amides is 1. The highest BCUT2D eigenvalue weighted by Crippen LogP contribution is 2.19. The molecule has 0 aromatic carbocycles. The summed E-state index contributed by atoms with van der Waals surface area (Å²) < 4.78 is 10.3. The zero-order valence-electron chi connectivity index (χ0n) is 13.9. The van der Waals surface area contributed by atoms with Crippen LogP contribution in [0, 0.1) is 0 Å². The maximum absolute atomic E-state index is 12.5. The molecule has 0 spiro atoms. The maximum Gasteiger partial charge on any atom is 0.338 e. The van der Waals surface area contributed by atoms with E-state index in [1.807, 2.05) is 4.90 Å². The van der Waals surface area contributed by atoms with Gasteiger partial charge < -0.3 is 19.3 Å². The SMILES string of the molecule is COC(=O)c1ccnc(N2CCCN(C(=O)[C@H]3CCCO3)CC2)c1. The van der Waals surface area contributed by atoms with Crippen molar-refractivity contribution in [2.24, 2.45) is 0 Å². The van der Waals surface area contributed by atoms with Crippen LogP contribution in [-0.2, 0) is 14.3 Å². The minimum absolute atomic E-state index is 0.102. The van der Waals surface area contributed by atoms with Crippen molar-refractivity contribution in [1.29, 1.82) is 0 Å². The second-order valence-corrected chi connectivity index (χ2v) is 6.06. The number of esters is 1. The molecule has 1 amide bonds. The summed E-state index contributed by atoms with van der Waals surface area (Å²) in [4.78, 5) is 32.5. The van der Waals surface area contributed by atoms with Gasteiger partial charge in [0.2, 0.25) is 0 Å². The summed E-state index contributed by atoms with van der Waals surface area (Å²) in [5.41, 5.74) is 0.485. The maximum atomic E-state index is 12.5. The number of rotatable bonds is 3. The lowest BCUT2D eigenvalue weighted by atomic mass is 10.2. The molecule has 1 aromatic rings. The number of aromatic nitrogens is 1. The van der Waals surface area contributed by atoms with E-state index in [9.17, 15) is 9.59 Å². The molecule has 0 radical (unpaired) electrons. The Morgan fingerprint density at radius 2 is 2.12 bits per heavy atom. The molecular weight excluding hydrogens is 310 g/mol. The molecule has 1 atom stereocenters. The van der Waals surface area contributed by atoms with Crippen molar-refractivity contribution in [3.8, 4) is 0 Å². The quantitative estimate of drug-likeness (QED) is 0.771.